The lowest BCUT2D eigenvalue weighted by atomic mass is 10.1. The van der Waals surface area contributed by atoms with Crippen molar-refractivity contribution >= 4 is 28.9 Å². The second-order valence-electron chi connectivity index (χ2n) is 6.05. The summed E-state index contributed by atoms with van der Waals surface area (Å²) in [4.78, 5) is 26.5. The number of anilines is 3. The number of rotatable bonds is 3. The Labute approximate surface area is 141 Å². The Bertz CT molecular complexity index is 773. The van der Waals surface area contributed by atoms with E-state index in [0.29, 0.717) is 5.69 Å². The summed E-state index contributed by atoms with van der Waals surface area (Å²) in [6, 6.07) is 15.1. The number of fused-ring (bicyclic) bond motifs is 1. The number of nitrogens with zero attached hydrogens (tertiary/aromatic N) is 1. The van der Waals surface area contributed by atoms with Gasteiger partial charge < -0.3 is 15.5 Å². The minimum absolute atomic E-state index is 0.0605. The van der Waals surface area contributed by atoms with E-state index in [-0.39, 0.29) is 30.8 Å². The first-order chi connectivity index (χ1) is 11.6. The summed E-state index contributed by atoms with van der Waals surface area (Å²) < 4.78 is 0. The molecule has 0 fully saturated rings. The Balaban J connectivity index is 1.83. The number of carbonyl (C=O) groups excluding carboxylic acids is 2. The third-order valence-corrected chi connectivity index (χ3v) is 4.20. The lowest BCUT2D eigenvalue weighted by Crippen LogP contribution is -2.42. The minimum atomic E-state index is -0.195. The van der Waals surface area contributed by atoms with Crippen LogP contribution in [0, 0.1) is 6.92 Å². The average molecular weight is 323 g/mol. The van der Waals surface area contributed by atoms with Crippen molar-refractivity contribution in [1.82, 2.24) is 0 Å². The Morgan fingerprint density at radius 2 is 1.92 bits per heavy atom. The van der Waals surface area contributed by atoms with Crippen LogP contribution in [0.1, 0.15) is 18.9 Å². The van der Waals surface area contributed by atoms with Crippen molar-refractivity contribution in [3.63, 3.8) is 0 Å². The summed E-state index contributed by atoms with van der Waals surface area (Å²) in [6.45, 7) is 4.07. The van der Waals surface area contributed by atoms with Gasteiger partial charge in [0.1, 0.15) is 0 Å². The van der Waals surface area contributed by atoms with Crippen LogP contribution in [-0.2, 0) is 9.59 Å². The third-order valence-electron chi connectivity index (χ3n) is 4.20. The van der Waals surface area contributed by atoms with Crippen molar-refractivity contribution in [3.8, 4) is 0 Å². The fraction of sp³-hybridized carbons (Fsp3) is 0.263. The van der Waals surface area contributed by atoms with Crippen molar-refractivity contribution in [2.24, 2.45) is 0 Å². The molecular weight excluding hydrogens is 302 g/mol. The first-order valence-corrected chi connectivity index (χ1v) is 8.06. The standard InChI is InChI=1S/C19H21N3O2/c1-13-7-3-4-8-15(13)20-12-19(24)22-14(2)11-18(23)21-16-9-5-6-10-17(16)22/h3-10,14,20H,11-12H2,1-2H3,(H,21,23)/t14-/m0/s1. The van der Waals surface area contributed by atoms with Gasteiger partial charge in [-0.3, -0.25) is 9.59 Å². The van der Waals surface area contributed by atoms with Crippen molar-refractivity contribution in [1.29, 1.82) is 0 Å². The topological polar surface area (TPSA) is 61.4 Å². The van der Waals surface area contributed by atoms with Gasteiger partial charge in [0, 0.05) is 18.2 Å². The molecule has 0 bridgehead atoms. The SMILES string of the molecule is Cc1ccccc1NCC(=O)N1c2ccccc2NC(=O)C[C@@H]1C. The van der Waals surface area contributed by atoms with Gasteiger partial charge in [0.2, 0.25) is 11.8 Å². The number of hydrogen-bond acceptors (Lipinski definition) is 3. The number of aryl methyl sites for hydroxylation is 1. The summed E-state index contributed by atoms with van der Waals surface area (Å²) >= 11 is 0. The molecule has 24 heavy (non-hydrogen) atoms. The Hall–Kier alpha value is -2.82. The monoisotopic (exact) mass is 323 g/mol. The molecule has 1 aliphatic rings. The maximum atomic E-state index is 12.8. The van der Waals surface area contributed by atoms with Gasteiger partial charge in [0.25, 0.3) is 0 Å². The van der Waals surface area contributed by atoms with Crippen molar-refractivity contribution in [3.05, 3.63) is 54.1 Å². The summed E-state index contributed by atoms with van der Waals surface area (Å²) in [7, 11) is 0. The minimum Gasteiger partial charge on any atom is -0.376 e. The number of benzene rings is 2. The average Bonchev–Trinajstić information content (AvgIpc) is 2.68. The molecule has 1 heterocycles. The molecule has 2 amide bonds. The number of carbonyl (C=O) groups is 2. The van der Waals surface area contributed by atoms with Gasteiger partial charge in [-0.15, -0.1) is 0 Å². The van der Waals surface area contributed by atoms with Crippen LogP contribution in [0.15, 0.2) is 48.5 Å². The van der Waals surface area contributed by atoms with Gasteiger partial charge in [-0.1, -0.05) is 30.3 Å². The van der Waals surface area contributed by atoms with Crippen LogP contribution in [0.4, 0.5) is 17.1 Å². The number of para-hydroxylation sites is 3. The molecule has 124 valence electrons. The van der Waals surface area contributed by atoms with E-state index in [1.165, 1.54) is 0 Å². The summed E-state index contributed by atoms with van der Waals surface area (Å²) in [5, 5.41) is 6.06. The molecule has 1 aliphatic heterocycles. The summed E-state index contributed by atoms with van der Waals surface area (Å²) in [5.74, 6) is -0.133. The molecule has 0 aliphatic carbocycles. The van der Waals surface area contributed by atoms with Crippen LogP contribution in [0.25, 0.3) is 0 Å². The molecular formula is C19H21N3O2. The lowest BCUT2D eigenvalue weighted by Gasteiger charge is -2.28. The molecule has 0 saturated carbocycles. The van der Waals surface area contributed by atoms with Crippen LogP contribution < -0.4 is 15.5 Å². The molecule has 1 atom stereocenters. The maximum absolute atomic E-state index is 12.8. The molecule has 2 aromatic rings. The van der Waals surface area contributed by atoms with Crippen molar-refractivity contribution in [2.75, 3.05) is 22.1 Å². The molecule has 2 aromatic carbocycles. The summed E-state index contributed by atoms with van der Waals surface area (Å²) in [6.07, 6.45) is 0.283. The van der Waals surface area contributed by atoms with Gasteiger partial charge in [0.05, 0.1) is 17.9 Å². The third kappa shape index (κ3) is 3.25. The zero-order valence-electron chi connectivity index (χ0n) is 13.9. The predicted octanol–water partition coefficient (Wildman–Crippen LogP) is 3.17. The molecule has 3 rings (SSSR count). The van der Waals surface area contributed by atoms with E-state index in [4.69, 9.17) is 0 Å². The fourth-order valence-electron chi connectivity index (χ4n) is 3.00. The highest BCUT2D eigenvalue weighted by Crippen LogP contribution is 2.31. The van der Waals surface area contributed by atoms with Crippen LogP contribution in [0.2, 0.25) is 0 Å². The molecule has 0 saturated heterocycles. The Kier molecular flexibility index (Phi) is 4.51. The molecule has 0 spiro atoms. The highest BCUT2D eigenvalue weighted by atomic mass is 16.2. The van der Waals surface area contributed by atoms with E-state index < -0.39 is 0 Å². The second kappa shape index (κ2) is 6.74. The smallest absolute Gasteiger partial charge is 0.246 e. The van der Waals surface area contributed by atoms with Gasteiger partial charge in [-0.25, -0.2) is 0 Å². The van der Waals surface area contributed by atoms with Crippen LogP contribution >= 0.6 is 0 Å². The second-order valence-corrected chi connectivity index (χ2v) is 6.05. The van der Waals surface area contributed by atoms with E-state index in [0.717, 1.165) is 16.9 Å². The van der Waals surface area contributed by atoms with E-state index in [2.05, 4.69) is 10.6 Å². The van der Waals surface area contributed by atoms with Crippen LogP contribution in [0.5, 0.6) is 0 Å². The van der Waals surface area contributed by atoms with Crippen LogP contribution in [-0.4, -0.2) is 24.4 Å². The molecule has 0 aromatic heterocycles. The predicted molar refractivity (Wildman–Crippen MR) is 96.3 cm³/mol. The molecule has 2 N–H and O–H groups in total. The Morgan fingerprint density at radius 3 is 2.71 bits per heavy atom. The number of nitrogens with one attached hydrogen (secondary N) is 2. The van der Waals surface area contributed by atoms with Gasteiger partial charge in [0.15, 0.2) is 0 Å². The number of hydrogen-bond donors (Lipinski definition) is 2. The zero-order chi connectivity index (χ0) is 17.1. The van der Waals surface area contributed by atoms with Gasteiger partial charge in [-0.2, -0.15) is 0 Å². The normalized spacial score (nSPS) is 16.8. The van der Waals surface area contributed by atoms with Crippen molar-refractivity contribution < 1.29 is 9.59 Å². The maximum Gasteiger partial charge on any atom is 0.246 e. The van der Waals surface area contributed by atoms with Crippen molar-refractivity contribution in [2.45, 2.75) is 26.3 Å². The molecule has 0 unspecified atom stereocenters. The highest BCUT2D eigenvalue weighted by molar-refractivity contribution is 6.05. The van der Waals surface area contributed by atoms with E-state index in [9.17, 15) is 9.59 Å². The molecule has 5 nitrogen and oxygen atoms in total. The fourth-order valence-corrected chi connectivity index (χ4v) is 3.00. The van der Waals surface area contributed by atoms with E-state index >= 15 is 0 Å². The molecule has 0 radical (unpaired) electrons. The van der Waals surface area contributed by atoms with Gasteiger partial charge in [-0.05, 0) is 37.6 Å². The Morgan fingerprint density at radius 1 is 1.21 bits per heavy atom. The van der Waals surface area contributed by atoms with Gasteiger partial charge >= 0.3 is 0 Å². The lowest BCUT2D eigenvalue weighted by molar-refractivity contribution is -0.118. The first kappa shape index (κ1) is 16.1. The first-order valence-electron chi connectivity index (χ1n) is 8.06. The van der Waals surface area contributed by atoms with E-state index in [1.807, 2.05) is 62.4 Å². The zero-order valence-corrected chi connectivity index (χ0v) is 13.9. The largest absolute Gasteiger partial charge is 0.376 e. The quantitative estimate of drug-likeness (QED) is 0.912. The highest BCUT2D eigenvalue weighted by Gasteiger charge is 2.29. The summed E-state index contributed by atoms with van der Waals surface area (Å²) in [5.41, 5.74) is 3.45. The van der Waals surface area contributed by atoms with E-state index in [1.54, 1.807) is 4.90 Å². The molecule has 5 heteroatoms. The van der Waals surface area contributed by atoms with Crippen LogP contribution in [0.3, 0.4) is 0 Å². The number of amides is 2.